The van der Waals surface area contributed by atoms with Gasteiger partial charge in [0.2, 0.25) is 0 Å². The quantitative estimate of drug-likeness (QED) is 0.749. The Balaban J connectivity index is 1.74. The number of aliphatic imine (C=N–C) groups is 1. The number of para-hydroxylation sites is 1. The summed E-state index contributed by atoms with van der Waals surface area (Å²) in [5, 5.41) is 14.5. The van der Waals surface area contributed by atoms with E-state index in [1.54, 1.807) is 13.2 Å². The largest absolute Gasteiger partial charge is 0.504 e. The van der Waals surface area contributed by atoms with E-state index in [0.717, 1.165) is 53.7 Å². The van der Waals surface area contributed by atoms with Gasteiger partial charge in [0.15, 0.2) is 11.5 Å². The minimum Gasteiger partial charge on any atom is -0.504 e. The molecule has 6 heteroatoms. The van der Waals surface area contributed by atoms with E-state index in [9.17, 15) is 5.11 Å². The van der Waals surface area contributed by atoms with Crippen molar-refractivity contribution in [2.45, 2.75) is 31.0 Å². The zero-order valence-corrected chi connectivity index (χ0v) is 17.9. The molecule has 1 saturated heterocycles. The number of phenols is 1. The Kier molecular flexibility index (Phi) is 5.45. The lowest BCUT2D eigenvalue weighted by Crippen LogP contribution is -2.55. The second-order valence-corrected chi connectivity index (χ2v) is 8.62. The fourth-order valence-corrected chi connectivity index (χ4v) is 4.41. The van der Waals surface area contributed by atoms with Gasteiger partial charge in [-0.05, 0) is 43.7 Å². The second kappa shape index (κ2) is 7.85. The average Bonchev–Trinajstić information content (AvgIpc) is 2.71. The van der Waals surface area contributed by atoms with Gasteiger partial charge in [-0.1, -0.05) is 40.2 Å². The summed E-state index contributed by atoms with van der Waals surface area (Å²) in [6, 6.07) is 14.0. The lowest BCUT2D eigenvalue weighted by atomic mass is 9.87. The normalized spacial score (nSPS) is 22.1. The van der Waals surface area contributed by atoms with Crippen LogP contribution < -0.4 is 10.1 Å². The smallest absolute Gasteiger partial charge is 0.162 e. The molecule has 5 nitrogen and oxygen atoms in total. The summed E-state index contributed by atoms with van der Waals surface area (Å²) in [5.74, 6) is 0.715. The summed E-state index contributed by atoms with van der Waals surface area (Å²) in [7, 11) is 3.74. The number of ether oxygens (including phenoxy) is 1. The fourth-order valence-electron chi connectivity index (χ4n) is 4.15. The molecule has 0 radical (unpaired) electrons. The number of piperidine rings is 1. The van der Waals surface area contributed by atoms with Crippen molar-refractivity contribution in [2.75, 3.05) is 27.2 Å². The first-order valence-electron chi connectivity index (χ1n) is 9.66. The Labute approximate surface area is 174 Å². The molecule has 0 aromatic heterocycles. The predicted molar refractivity (Wildman–Crippen MR) is 115 cm³/mol. The molecular weight excluding hydrogens is 418 g/mol. The number of halogens is 1. The van der Waals surface area contributed by atoms with Crippen molar-refractivity contribution in [1.29, 1.82) is 0 Å². The van der Waals surface area contributed by atoms with Gasteiger partial charge in [-0.25, -0.2) is 0 Å². The maximum Gasteiger partial charge on any atom is 0.162 e. The molecule has 4 rings (SSSR count). The van der Waals surface area contributed by atoms with Crippen LogP contribution in [0.1, 0.15) is 36.4 Å². The van der Waals surface area contributed by atoms with Crippen molar-refractivity contribution < 1.29 is 9.84 Å². The van der Waals surface area contributed by atoms with Crippen LogP contribution in [0.5, 0.6) is 11.5 Å². The standard InChI is InChI=1S/C22H26BrN3O2/c1-26-12-10-22(11-13-26)24-18(15-6-8-16(23)9-7-15)14-19(25-22)17-4-3-5-20(28-2)21(17)27/h3-9,19,25,27H,10-14H2,1-2H3/t19-/m1/s1. The second-order valence-electron chi connectivity index (χ2n) is 7.70. The van der Waals surface area contributed by atoms with Gasteiger partial charge >= 0.3 is 0 Å². The van der Waals surface area contributed by atoms with Crippen LogP contribution in [0.3, 0.4) is 0 Å². The molecule has 28 heavy (non-hydrogen) atoms. The minimum atomic E-state index is -0.298. The highest BCUT2D eigenvalue weighted by Gasteiger charge is 2.40. The van der Waals surface area contributed by atoms with Gasteiger partial charge in [-0.3, -0.25) is 10.3 Å². The van der Waals surface area contributed by atoms with E-state index in [1.807, 2.05) is 12.1 Å². The lowest BCUT2D eigenvalue weighted by molar-refractivity contribution is 0.144. The van der Waals surface area contributed by atoms with Crippen molar-refractivity contribution in [2.24, 2.45) is 4.99 Å². The number of aromatic hydroxyl groups is 1. The predicted octanol–water partition coefficient (Wildman–Crippen LogP) is 4.11. The molecule has 2 aliphatic heterocycles. The number of rotatable bonds is 3. The van der Waals surface area contributed by atoms with Gasteiger partial charge in [0, 0.05) is 41.3 Å². The van der Waals surface area contributed by atoms with Crippen molar-refractivity contribution in [3.63, 3.8) is 0 Å². The van der Waals surface area contributed by atoms with Crippen LogP contribution in [0.2, 0.25) is 0 Å². The number of nitrogens with one attached hydrogen (secondary N) is 1. The van der Waals surface area contributed by atoms with E-state index in [0.29, 0.717) is 5.75 Å². The molecule has 2 aromatic rings. The molecule has 0 unspecified atom stereocenters. The van der Waals surface area contributed by atoms with Gasteiger partial charge in [0.1, 0.15) is 5.66 Å². The van der Waals surface area contributed by atoms with E-state index in [4.69, 9.17) is 9.73 Å². The molecule has 0 amide bonds. The summed E-state index contributed by atoms with van der Waals surface area (Å²) < 4.78 is 6.39. The molecule has 0 saturated carbocycles. The Morgan fingerprint density at radius 1 is 1.18 bits per heavy atom. The zero-order valence-electron chi connectivity index (χ0n) is 16.3. The molecule has 2 heterocycles. The van der Waals surface area contributed by atoms with E-state index in [-0.39, 0.29) is 17.5 Å². The van der Waals surface area contributed by atoms with Gasteiger partial charge < -0.3 is 14.7 Å². The molecule has 2 N–H and O–H groups in total. The van der Waals surface area contributed by atoms with Crippen molar-refractivity contribution >= 4 is 21.6 Å². The lowest BCUT2D eigenvalue weighted by Gasteiger charge is -2.44. The first kappa shape index (κ1) is 19.4. The number of likely N-dealkylation sites (tertiary alicyclic amines) is 1. The monoisotopic (exact) mass is 443 g/mol. The van der Waals surface area contributed by atoms with Crippen LogP contribution >= 0.6 is 15.9 Å². The summed E-state index contributed by atoms with van der Waals surface area (Å²) >= 11 is 3.52. The van der Waals surface area contributed by atoms with Gasteiger partial charge in [0.05, 0.1) is 7.11 Å². The van der Waals surface area contributed by atoms with Crippen LogP contribution in [0.4, 0.5) is 0 Å². The molecule has 1 fully saturated rings. The molecule has 1 atom stereocenters. The highest BCUT2D eigenvalue weighted by molar-refractivity contribution is 9.10. The Morgan fingerprint density at radius 2 is 1.89 bits per heavy atom. The van der Waals surface area contributed by atoms with Crippen molar-refractivity contribution in [1.82, 2.24) is 10.2 Å². The number of methoxy groups -OCH3 is 1. The van der Waals surface area contributed by atoms with E-state index in [2.05, 4.69) is 57.5 Å². The molecular formula is C22H26BrN3O2. The van der Waals surface area contributed by atoms with Gasteiger partial charge in [-0.2, -0.15) is 0 Å². The Morgan fingerprint density at radius 3 is 2.57 bits per heavy atom. The number of nitrogens with zero attached hydrogens (tertiary/aromatic N) is 2. The number of benzene rings is 2. The third kappa shape index (κ3) is 3.81. The number of phenolic OH excluding ortho intramolecular Hbond substituents is 1. The van der Waals surface area contributed by atoms with Crippen LogP contribution in [-0.2, 0) is 0 Å². The Hall–Kier alpha value is -1.89. The van der Waals surface area contributed by atoms with Crippen LogP contribution in [0.15, 0.2) is 51.9 Å². The van der Waals surface area contributed by atoms with Crippen LogP contribution in [0, 0.1) is 0 Å². The molecule has 0 bridgehead atoms. The highest BCUT2D eigenvalue weighted by Crippen LogP contribution is 2.40. The van der Waals surface area contributed by atoms with E-state index in [1.165, 1.54) is 0 Å². The minimum absolute atomic E-state index is 0.0188. The molecule has 2 aromatic carbocycles. The molecule has 2 aliphatic rings. The summed E-state index contributed by atoms with van der Waals surface area (Å²) in [5.41, 5.74) is 2.79. The number of hydrogen-bond acceptors (Lipinski definition) is 5. The maximum atomic E-state index is 10.7. The topological polar surface area (TPSA) is 57.1 Å². The first-order chi connectivity index (χ1) is 13.5. The van der Waals surface area contributed by atoms with Crippen molar-refractivity contribution in [3.8, 4) is 11.5 Å². The van der Waals surface area contributed by atoms with Crippen molar-refractivity contribution in [3.05, 3.63) is 58.1 Å². The summed E-state index contributed by atoms with van der Waals surface area (Å²) in [6.45, 7) is 2.00. The summed E-state index contributed by atoms with van der Waals surface area (Å²) in [6.07, 6.45) is 2.62. The average molecular weight is 444 g/mol. The maximum absolute atomic E-state index is 10.7. The first-order valence-corrected chi connectivity index (χ1v) is 10.5. The summed E-state index contributed by atoms with van der Waals surface area (Å²) in [4.78, 5) is 7.55. The Bertz CT molecular complexity index is 874. The zero-order chi connectivity index (χ0) is 19.7. The third-order valence-electron chi connectivity index (χ3n) is 5.81. The van der Waals surface area contributed by atoms with Crippen LogP contribution in [-0.4, -0.2) is 48.6 Å². The third-order valence-corrected chi connectivity index (χ3v) is 6.34. The molecule has 148 valence electrons. The van der Waals surface area contributed by atoms with Crippen LogP contribution in [0.25, 0.3) is 0 Å². The van der Waals surface area contributed by atoms with E-state index < -0.39 is 0 Å². The van der Waals surface area contributed by atoms with E-state index >= 15 is 0 Å². The SMILES string of the molecule is COc1cccc([C@H]2CC(c3ccc(Br)cc3)=NC3(CCN(C)CC3)N2)c1O. The van der Waals surface area contributed by atoms with Gasteiger partial charge in [0.25, 0.3) is 0 Å². The van der Waals surface area contributed by atoms with Gasteiger partial charge in [-0.15, -0.1) is 0 Å². The molecule has 0 aliphatic carbocycles. The fraction of sp³-hybridized carbons (Fsp3) is 0.409. The molecule has 1 spiro atoms. The highest BCUT2D eigenvalue weighted by atomic mass is 79.9. The number of hydrogen-bond donors (Lipinski definition) is 2.